The van der Waals surface area contributed by atoms with E-state index < -0.39 is 29.0 Å². The summed E-state index contributed by atoms with van der Waals surface area (Å²) in [6.07, 6.45) is 7.07. The number of benzene rings is 3. The number of aliphatic hydroxyl groups excluding tert-OH is 2. The fourth-order valence-corrected chi connectivity index (χ4v) is 7.09. The van der Waals surface area contributed by atoms with E-state index in [1.807, 2.05) is 19.1 Å². The van der Waals surface area contributed by atoms with Crippen LogP contribution in [0, 0.1) is 23.0 Å². The van der Waals surface area contributed by atoms with E-state index in [4.69, 9.17) is 14.2 Å². The van der Waals surface area contributed by atoms with E-state index in [1.54, 1.807) is 26.0 Å². The highest BCUT2D eigenvalue weighted by Gasteiger charge is 2.27. The SMILES string of the molecule is C=C(C)C(=O)OCCCc1cc(-c2c(F)cc(-c3ccc(C4CCC(C)CC4)cc3)cc2F)cc(CCCOC(=O)C(=C)C)c1OCCC(CC)(CO)CO. The molecule has 0 atom stereocenters. The predicted molar refractivity (Wildman–Crippen MR) is 213 cm³/mol. The fraction of sp³-hybridized carbons (Fsp3) is 0.478. The summed E-state index contributed by atoms with van der Waals surface area (Å²) in [6, 6.07) is 14.1. The molecular formula is C46H58F2O7. The number of aryl methyl sites for hydroxylation is 2. The van der Waals surface area contributed by atoms with Crippen molar-refractivity contribution in [1.29, 1.82) is 0 Å². The molecule has 1 fully saturated rings. The van der Waals surface area contributed by atoms with Gasteiger partial charge in [-0.1, -0.05) is 64.1 Å². The maximum Gasteiger partial charge on any atom is 0.333 e. The first-order valence-corrected chi connectivity index (χ1v) is 19.6. The Bertz CT molecular complexity index is 1700. The molecule has 3 aromatic carbocycles. The van der Waals surface area contributed by atoms with Gasteiger partial charge in [-0.25, -0.2) is 18.4 Å². The van der Waals surface area contributed by atoms with Crippen LogP contribution in [0.4, 0.5) is 8.78 Å². The Morgan fingerprint density at radius 2 is 1.27 bits per heavy atom. The lowest BCUT2D eigenvalue weighted by molar-refractivity contribution is -0.139. The second-order valence-electron chi connectivity index (χ2n) is 15.3. The van der Waals surface area contributed by atoms with Gasteiger partial charge in [0.1, 0.15) is 17.4 Å². The summed E-state index contributed by atoms with van der Waals surface area (Å²) in [5.74, 6) is -0.703. The Balaban J connectivity index is 1.70. The summed E-state index contributed by atoms with van der Waals surface area (Å²) < 4.78 is 49.4. The number of carbonyl (C=O) groups is 2. The molecule has 0 amide bonds. The zero-order valence-electron chi connectivity index (χ0n) is 33.0. The topological polar surface area (TPSA) is 102 Å². The van der Waals surface area contributed by atoms with Gasteiger partial charge in [0.15, 0.2) is 0 Å². The first-order valence-electron chi connectivity index (χ1n) is 19.6. The van der Waals surface area contributed by atoms with E-state index in [-0.39, 0.29) is 49.7 Å². The molecule has 298 valence electrons. The highest BCUT2D eigenvalue weighted by molar-refractivity contribution is 5.87. The smallest absolute Gasteiger partial charge is 0.333 e. The molecule has 3 aromatic rings. The van der Waals surface area contributed by atoms with E-state index in [0.717, 1.165) is 24.3 Å². The summed E-state index contributed by atoms with van der Waals surface area (Å²) in [5.41, 5.74) is 3.65. The van der Waals surface area contributed by atoms with Gasteiger partial charge in [-0.2, -0.15) is 0 Å². The maximum absolute atomic E-state index is 16.2. The van der Waals surface area contributed by atoms with Crippen LogP contribution in [-0.4, -0.2) is 55.2 Å². The normalized spacial score (nSPS) is 15.7. The van der Waals surface area contributed by atoms with Gasteiger partial charge < -0.3 is 24.4 Å². The Morgan fingerprint density at radius 3 is 1.73 bits per heavy atom. The summed E-state index contributed by atoms with van der Waals surface area (Å²) in [6.45, 7) is 14.4. The summed E-state index contributed by atoms with van der Waals surface area (Å²) in [5, 5.41) is 20.1. The fourth-order valence-electron chi connectivity index (χ4n) is 7.09. The van der Waals surface area contributed by atoms with E-state index in [1.165, 1.54) is 30.5 Å². The molecule has 55 heavy (non-hydrogen) atoms. The molecule has 4 rings (SSSR count). The number of hydrogen-bond acceptors (Lipinski definition) is 7. The molecule has 0 heterocycles. The van der Waals surface area contributed by atoms with Crippen LogP contribution >= 0.6 is 0 Å². The van der Waals surface area contributed by atoms with Crippen molar-refractivity contribution in [3.05, 3.63) is 101 Å². The third kappa shape index (κ3) is 11.8. The van der Waals surface area contributed by atoms with Crippen LogP contribution in [0.1, 0.15) is 102 Å². The molecule has 0 spiro atoms. The van der Waals surface area contributed by atoms with Crippen molar-refractivity contribution in [2.75, 3.05) is 33.0 Å². The molecule has 0 bridgehead atoms. The minimum atomic E-state index is -0.739. The monoisotopic (exact) mass is 760 g/mol. The van der Waals surface area contributed by atoms with Gasteiger partial charge in [-0.3, -0.25) is 0 Å². The quantitative estimate of drug-likeness (QED) is 0.0672. The third-order valence-corrected chi connectivity index (χ3v) is 10.9. The average molecular weight is 761 g/mol. The highest BCUT2D eigenvalue weighted by Crippen LogP contribution is 2.39. The zero-order chi connectivity index (χ0) is 40.1. The molecule has 0 unspecified atom stereocenters. The molecule has 0 aromatic heterocycles. The molecule has 2 N–H and O–H groups in total. The van der Waals surface area contributed by atoms with Crippen LogP contribution in [0.15, 0.2) is 72.8 Å². The van der Waals surface area contributed by atoms with Gasteiger partial charge in [0, 0.05) is 16.6 Å². The molecule has 0 aliphatic heterocycles. The summed E-state index contributed by atoms with van der Waals surface area (Å²) in [4.78, 5) is 24.1. The second kappa shape index (κ2) is 20.5. The zero-order valence-corrected chi connectivity index (χ0v) is 33.0. The molecule has 0 saturated heterocycles. The first kappa shape index (κ1) is 43.4. The number of esters is 2. The maximum atomic E-state index is 16.2. The molecule has 7 nitrogen and oxygen atoms in total. The Labute approximate surface area is 325 Å². The van der Waals surface area contributed by atoms with Crippen molar-refractivity contribution in [1.82, 2.24) is 0 Å². The van der Waals surface area contributed by atoms with Crippen molar-refractivity contribution >= 4 is 11.9 Å². The molecular weight excluding hydrogens is 702 g/mol. The van der Waals surface area contributed by atoms with E-state index in [0.29, 0.717) is 72.4 Å². The predicted octanol–water partition coefficient (Wildman–Crippen LogP) is 9.85. The van der Waals surface area contributed by atoms with E-state index >= 15 is 8.78 Å². The van der Waals surface area contributed by atoms with E-state index in [9.17, 15) is 19.8 Å². The van der Waals surface area contributed by atoms with Crippen LogP contribution in [-0.2, 0) is 31.9 Å². The van der Waals surface area contributed by atoms with Gasteiger partial charge in [0.05, 0.1) is 38.6 Å². The largest absolute Gasteiger partial charge is 0.493 e. The Morgan fingerprint density at radius 1 is 0.764 bits per heavy atom. The lowest BCUT2D eigenvalue weighted by Crippen LogP contribution is -2.31. The number of rotatable bonds is 20. The standard InChI is InChI=1S/C46H58F2O7/c1-7-46(28-49,29-50)20-23-53-43-36(10-8-21-54-44(51)30(2)3)24-39(25-37(43)11-9-22-55-45(52)31(4)5)42-40(47)26-38(27-41(42)48)35-18-16-34(17-19-35)33-14-12-32(6)13-15-33/h16-19,24-27,32-33,49-50H,2,4,7-15,20-23,28-29H2,1,3,5-6H3. The first-order chi connectivity index (χ1) is 26.3. The van der Waals surface area contributed by atoms with Crippen LogP contribution in [0.25, 0.3) is 22.3 Å². The Hall–Kier alpha value is -4.34. The van der Waals surface area contributed by atoms with Gasteiger partial charge in [-0.05, 0) is 135 Å². The molecule has 1 saturated carbocycles. The lowest BCUT2D eigenvalue weighted by Gasteiger charge is -2.28. The van der Waals surface area contributed by atoms with Crippen LogP contribution in [0.3, 0.4) is 0 Å². The van der Waals surface area contributed by atoms with Crippen molar-refractivity contribution in [2.45, 2.75) is 97.8 Å². The number of carbonyl (C=O) groups excluding carboxylic acids is 2. The number of hydrogen-bond donors (Lipinski definition) is 2. The number of aliphatic hydroxyl groups is 2. The minimum Gasteiger partial charge on any atom is -0.493 e. The van der Waals surface area contributed by atoms with E-state index in [2.05, 4.69) is 32.2 Å². The number of ether oxygens (including phenoxy) is 3. The molecule has 1 aliphatic rings. The number of halogens is 2. The van der Waals surface area contributed by atoms with Gasteiger partial charge in [-0.15, -0.1) is 0 Å². The van der Waals surface area contributed by atoms with Crippen LogP contribution in [0.2, 0.25) is 0 Å². The molecule has 0 radical (unpaired) electrons. The van der Waals surface area contributed by atoms with Crippen molar-refractivity contribution in [2.24, 2.45) is 11.3 Å². The van der Waals surface area contributed by atoms with Gasteiger partial charge >= 0.3 is 11.9 Å². The van der Waals surface area contributed by atoms with Gasteiger partial charge in [0.25, 0.3) is 0 Å². The Kier molecular flexibility index (Phi) is 16.2. The minimum absolute atomic E-state index is 0.0889. The third-order valence-electron chi connectivity index (χ3n) is 10.9. The van der Waals surface area contributed by atoms with Crippen molar-refractivity contribution < 1.29 is 42.8 Å². The summed E-state index contributed by atoms with van der Waals surface area (Å²) in [7, 11) is 0. The average Bonchev–Trinajstić information content (AvgIpc) is 3.17. The van der Waals surface area contributed by atoms with Crippen LogP contribution < -0.4 is 4.74 Å². The lowest BCUT2D eigenvalue weighted by atomic mass is 9.79. The van der Waals surface area contributed by atoms with Crippen LogP contribution in [0.5, 0.6) is 5.75 Å². The van der Waals surface area contributed by atoms with Crippen molar-refractivity contribution in [3.8, 4) is 28.0 Å². The summed E-state index contributed by atoms with van der Waals surface area (Å²) >= 11 is 0. The molecule has 9 heteroatoms. The van der Waals surface area contributed by atoms with Gasteiger partial charge in [0.2, 0.25) is 0 Å². The molecule has 1 aliphatic carbocycles. The second-order valence-corrected chi connectivity index (χ2v) is 15.3. The van der Waals surface area contributed by atoms with Crippen molar-refractivity contribution in [3.63, 3.8) is 0 Å². The highest BCUT2D eigenvalue weighted by atomic mass is 19.1.